The maximum atomic E-state index is 14.9. The third-order valence-electron chi connectivity index (χ3n) is 5.43. The van der Waals surface area contributed by atoms with Gasteiger partial charge in [-0.1, -0.05) is 0 Å². The number of nitrogens with zero attached hydrogens (tertiary/aromatic N) is 4. The quantitative estimate of drug-likeness (QED) is 0.753. The number of likely N-dealkylation sites (N-methyl/N-ethyl adjacent to an activating group) is 1. The van der Waals surface area contributed by atoms with E-state index in [1.807, 2.05) is 7.05 Å². The van der Waals surface area contributed by atoms with Gasteiger partial charge in [-0.3, -0.25) is 9.80 Å². The number of ether oxygens (including phenoxy) is 2. The number of aromatic nitrogens is 1. The second-order valence-corrected chi connectivity index (χ2v) is 7.64. The molecule has 0 aliphatic carbocycles. The molecule has 1 aromatic heterocycles. The van der Waals surface area contributed by atoms with Gasteiger partial charge in [0.2, 0.25) is 0 Å². The number of amides is 2. The van der Waals surface area contributed by atoms with Gasteiger partial charge in [0.05, 0.1) is 32.6 Å². The van der Waals surface area contributed by atoms with Gasteiger partial charge >= 0.3 is 12.2 Å². The largest absolute Gasteiger partial charge is 0.453 e. The van der Waals surface area contributed by atoms with Gasteiger partial charge in [-0.15, -0.1) is 0 Å². The van der Waals surface area contributed by atoms with Crippen LogP contribution in [0.2, 0.25) is 0 Å². The van der Waals surface area contributed by atoms with E-state index in [2.05, 4.69) is 24.8 Å². The summed E-state index contributed by atoms with van der Waals surface area (Å²) in [6.45, 7) is 2.49. The molecular weight excluding hydrogens is 424 g/mol. The molecule has 2 saturated heterocycles. The summed E-state index contributed by atoms with van der Waals surface area (Å²) in [6, 6.07) is 6.20. The van der Waals surface area contributed by atoms with Gasteiger partial charge in [-0.2, -0.15) is 0 Å². The van der Waals surface area contributed by atoms with Crippen molar-refractivity contribution in [3.8, 4) is 11.1 Å². The zero-order chi connectivity index (χ0) is 22.8. The molecule has 0 bridgehead atoms. The van der Waals surface area contributed by atoms with Gasteiger partial charge in [0.25, 0.3) is 0 Å². The summed E-state index contributed by atoms with van der Waals surface area (Å²) in [6.07, 6.45) is -0.721. The number of hydrogen-bond donors (Lipinski definition) is 1. The molecule has 170 valence electrons. The third kappa shape index (κ3) is 4.28. The van der Waals surface area contributed by atoms with Crippen LogP contribution in [-0.4, -0.2) is 75.2 Å². The Hall–Kier alpha value is -3.47. The zero-order valence-electron chi connectivity index (χ0n) is 17.7. The molecule has 9 nitrogen and oxygen atoms in total. The highest BCUT2D eigenvalue weighted by Gasteiger charge is 2.35. The minimum absolute atomic E-state index is 0.0120. The van der Waals surface area contributed by atoms with E-state index in [0.717, 1.165) is 30.5 Å². The Balaban J connectivity index is 1.50. The number of rotatable bonds is 5. The van der Waals surface area contributed by atoms with Crippen LogP contribution >= 0.6 is 0 Å². The van der Waals surface area contributed by atoms with Crippen molar-refractivity contribution in [2.75, 3.05) is 56.8 Å². The first kappa shape index (κ1) is 21.8. The van der Waals surface area contributed by atoms with Gasteiger partial charge in [-0.05, 0) is 31.3 Å². The lowest BCUT2D eigenvalue weighted by Crippen LogP contribution is -2.34. The standard InChI is InChI=1S/C21H23F2N5O4/c1-26-7-8-27(12-26)17-6-3-13(9-24-17)15-4-5-16(19(23)18(15)22)28-11-14(32-21(28)30)10-25-20(29)31-2/h3-6,9,14H,7-8,10-12H2,1-2H3,(H,25,29). The van der Waals surface area contributed by atoms with E-state index in [1.54, 1.807) is 12.1 Å². The summed E-state index contributed by atoms with van der Waals surface area (Å²) >= 11 is 0. The summed E-state index contributed by atoms with van der Waals surface area (Å²) in [5.74, 6) is -1.48. The number of anilines is 2. The fraction of sp³-hybridized carbons (Fsp3) is 0.381. The fourth-order valence-corrected chi connectivity index (χ4v) is 3.71. The van der Waals surface area contributed by atoms with Crippen LogP contribution in [0.5, 0.6) is 0 Å². The molecule has 2 fully saturated rings. The van der Waals surface area contributed by atoms with Crippen molar-refractivity contribution in [2.24, 2.45) is 0 Å². The highest BCUT2D eigenvalue weighted by Crippen LogP contribution is 2.32. The van der Waals surface area contributed by atoms with Crippen LogP contribution in [-0.2, 0) is 9.47 Å². The number of pyridine rings is 1. The molecule has 0 spiro atoms. The fourth-order valence-electron chi connectivity index (χ4n) is 3.71. The lowest BCUT2D eigenvalue weighted by Gasteiger charge is -2.18. The monoisotopic (exact) mass is 447 g/mol. The Morgan fingerprint density at radius 2 is 2.06 bits per heavy atom. The van der Waals surface area contributed by atoms with E-state index in [0.29, 0.717) is 5.56 Å². The topological polar surface area (TPSA) is 87.2 Å². The number of carbonyl (C=O) groups is 2. The number of benzene rings is 1. The van der Waals surface area contributed by atoms with E-state index in [4.69, 9.17) is 4.74 Å². The minimum atomic E-state index is -1.16. The summed E-state index contributed by atoms with van der Waals surface area (Å²) < 4.78 is 39.4. The second-order valence-electron chi connectivity index (χ2n) is 7.64. The molecule has 11 heteroatoms. The summed E-state index contributed by atoms with van der Waals surface area (Å²) in [5, 5.41) is 2.40. The number of halogens is 2. The Labute approximate surface area is 183 Å². The predicted molar refractivity (Wildman–Crippen MR) is 112 cm³/mol. The highest BCUT2D eigenvalue weighted by molar-refractivity contribution is 5.90. The molecule has 0 saturated carbocycles. The molecule has 2 aliphatic rings. The van der Waals surface area contributed by atoms with Crippen LogP contribution in [0.3, 0.4) is 0 Å². The molecular formula is C21H23F2N5O4. The molecule has 1 aromatic carbocycles. The molecule has 1 unspecified atom stereocenters. The number of alkyl carbamates (subject to hydrolysis) is 1. The minimum Gasteiger partial charge on any atom is -0.453 e. The number of methoxy groups -OCH3 is 1. The Kier molecular flexibility index (Phi) is 6.08. The summed E-state index contributed by atoms with van der Waals surface area (Å²) in [4.78, 5) is 33.0. The molecule has 2 amide bonds. The molecule has 2 aliphatic heterocycles. The Morgan fingerprint density at radius 3 is 2.72 bits per heavy atom. The maximum absolute atomic E-state index is 14.9. The highest BCUT2D eigenvalue weighted by atomic mass is 19.2. The van der Waals surface area contributed by atoms with Crippen molar-refractivity contribution in [1.82, 2.24) is 15.2 Å². The zero-order valence-corrected chi connectivity index (χ0v) is 17.7. The second kappa shape index (κ2) is 8.95. The molecule has 2 aromatic rings. The Morgan fingerprint density at radius 1 is 1.25 bits per heavy atom. The first-order valence-corrected chi connectivity index (χ1v) is 10.0. The number of carbonyl (C=O) groups excluding carboxylic acids is 2. The lowest BCUT2D eigenvalue weighted by molar-refractivity contribution is 0.132. The van der Waals surface area contributed by atoms with Crippen LogP contribution < -0.4 is 15.1 Å². The van der Waals surface area contributed by atoms with Crippen molar-refractivity contribution in [1.29, 1.82) is 0 Å². The van der Waals surface area contributed by atoms with Gasteiger partial charge < -0.3 is 19.7 Å². The molecule has 32 heavy (non-hydrogen) atoms. The summed E-state index contributed by atoms with van der Waals surface area (Å²) in [5.41, 5.74) is 0.232. The van der Waals surface area contributed by atoms with E-state index >= 15 is 0 Å². The molecule has 1 N–H and O–H groups in total. The van der Waals surface area contributed by atoms with Crippen LogP contribution in [0.4, 0.5) is 29.9 Å². The third-order valence-corrected chi connectivity index (χ3v) is 5.43. The normalized spacial score (nSPS) is 18.8. The first-order valence-electron chi connectivity index (χ1n) is 10.0. The molecule has 0 radical (unpaired) electrons. The number of nitrogens with one attached hydrogen (secondary N) is 1. The average molecular weight is 447 g/mol. The predicted octanol–water partition coefficient (Wildman–Crippen LogP) is 2.42. The van der Waals surface area contributed by atoms with Gasteiger partial charge in [0.15, 0.2) is 11.6 Å². The SMILES string of the molecule is COC(=O)NCC1CN(c2ccc(-c3ccc(N4CCN(C)C4)nc3)c(F)c2F)C(=O)O1. The first-order chi connectivity index (χ1) is 15.4. The number of hydrogen-bond acceptors (Lipinski definition) is 7. The van der Waals surface area contributed by atoms with E-state index < -0.39 is 29.9 Å². The van der Waals surface area contributed by atoms with Crippen molar-refractivity contribution < 1.29 is 27.8 Å². The maximum Gasteiger partial charge on any atom is 0.414 e. The molecule has 1 atom stereocenters. The van der Waals surface area contributed by atoms with Gasteiger partial charge in [-0.25, -0.2) is 23.4 Å². The average Bonchev–Trinajstić information content (AvgIpc) is 3.39. The molecule has 3 heterocycles. The van der Waals surface area contributed by atoms with E-state index in [9.17, 15) is 18.4 Å². The van der Waals surface area contributed by atoms with Crippen LogP contribution in [0, 0.1) is 11.6 Å². The van der Waals surface area contributed by atoms with Gasteiger partial charge in [0, 0.05) is 30.4 Å². The van der Waals surface area contributed by atoms with Crippen LogP contribution in [0.25, 0.3) is 11.1 Å². The van der Waals surface area contributed by atoms with Gasteiger partial charge in [0.1, 0.15) is 11.9 Å². The van der Waals surface area contributed by atoms with E-state index in [-0.39, 0.29) is 24.3 Å². The van der Waals surface area contributed by atoms with Crippen molar-refractivity contribution >= 4 is 23.7 Å². The van der Waals surface area contributed by atoms with Crippen molar-refractivity contribution in [3.05, 3.63) is 42.1 Å². The van der Waals surface area contributed by atoms with E-state index in [1.165, 1.54) is 25.4 Å². The smallest absolute Gasteiger partial charge is 0.414 e. The number of cyclic esters (lactones) is 1. The lowest BCUT2D eigenvalue weighted by atomic mass is 10.1. The van der Waals surface area contributed by atoms with Crippen molar-refractivity contribution in [3.63, 3.8) is 0 Å². The summed E-state index contributed by atoms with van der Waals surface area (Å²) in [7, 11) is 3.22. The molecule has 4 rings (SSSR count). The van der Waals surface area contributed by atoms with Crippen LogP contribution in [0.15, 0.2) is 30.5 Å². The Bertz CT molecular complexity index is 1020. The van der Waals surface area contributed by atoms with Crippen molar-refractivity contribution in [2.45, 2.75) is 6.10 Å². The van der Waals surface area contributed by atoms with Crippen LogP contribution in [0.1, 0.15) is 0 Å².